The van der Waals surface area contributed by atoms with E-state index in [1.807, 2.05) is 0 Å². The zero-order valence-electron chi connectivity index (χ0n) is 4.06. The summed E-state index contributed by atoms with van der Waals surface area (Å²) in [6.45, 7) is 0. The number of aromatic nitrogens is 1. The van der Waals surface area contributed by atoms with E-state index in [1.165, 1.54) is 0 Å². The molecule has 1 heterocycles. The van der Waals surface area contributed by atoms with Crippen LogP contribution < -0.4 is 5.73 Å². The number of halogens is 1. The lowest BCUT2D eigenvalue weighted by Crippen LogP contribution is -1.88. The number of hydrogen-bond donors (Lipinski definition) is 1. The first-order valence-corrected chi connectivity index (χ1v) is 3.15. The van der Waals surface area contributed by atoms with E-state index in [0.717, 1.165) is 3.57 Å². The van der Waals surface area contributed by atoms with Crippen LogP contribution in [0.4, 0.5) is 5.69 Å². The molecule has 2 N–H and O–H groups in total. The molecular formula is C5H4IN2. The van der Waals surface area contributed by atoms with Gasteiger partial charge in [0.1, 0.15) is 0 Å². The minimum atomic E-state index is 0.667. The number of anilines is 1. The van der Waals surface area contributed by atoms with Gasteiger partial charge in [0.2, 0.25) is 0 Å². The van der Waals surface area contributed by atoms with Crippen molar-refractivity contribution in [1.29, 1.82) is 0 Å². The largest absolute Gasteiger partial charge is 0.397 e. The van der Waals surface area contributed by atoms with Crippen molar-refractivity contribution in [3.8, 4) is 0 Å². The molecule has 1 radical (unpaired) electrons. The van der Waals surface area contributed by atoms with Crippen LogP contribution >= 0.6 is 22.6 Å². The Morgan fingerprint density at radius 2 is 2.50 bits per heavy atom. The molecule has 1 aromatic rings. The highest BCUT2D eigenvalue weighted by Crippen LogP contribution is 2.09. The summed E-state index contributed by atoms with van der Waals surface area (Å²) in [5.41, 5.74) is 6.08. The third-order valence-corrected chi connectivity index (χ3v) is 1.60. The maximum absolute atomic E-state index is 5.42. The summed E-state index contributed by atoms with van der Waals surface area (Å²) in [6.07, 6.45) is 3.25. The SMILES string of the molecule is Nc1[c]cncc1I. The molecule has 41 valence electrons. The van der Waals surface area contributed by atoms with Crippen molar-refractivity contribution >= 4 is 28.3 Å². The Balaban J connectivity index is 3.13. The molecule has 0 atom stereocenters. The monoisotopic (exact) mass is 219 g/mol. The highest BCUT2D eigenvalue weighted by molar-refractivity contribution is 14.1. The second-order valence-corrected chi connectivity index (χ2v) is 2.48. The van der Waals surface area contributed by atoms with Gasteiger partial charge in [0.25, 0.3) is 0 Å². The predicted octanol–water partition coefficient (Wildman–Crippen LogP) is 1.07. The fourth-order valence-electron chi connectivity index (χ4n) is 0.348. The summed E-state index contributed by atoms with van der Waals surface area (Å²) in [7, 11) is 0. The van der Waals surface area contributed by atoms with Gasteiger partial charge in [-0.25, -0.2) is 0 Å². The van der Waals surface area contributed by atoms with E-state index in [9.17, 15) is 0 Å². The Labute approximate surface area is 61.3 Å². The van der Waals surface area contributed by atoms with Crippen LogP contribution in [0, 0.1) is 9.64 Å². The Morgan fingerprint density at radius 1 is 1.75 bits per heavy atom. The number of rotatable bonds is 0. The van der Waals surface area contributed by atoms with Crippen molar-refractivity contribution in [3.63, 3.8) is 0 Å². The number of nitrogens with zero attached hydrogens (tertiary/aromatic N) is 1. The Bertz CT molecular complexity index is 167. The van der Waals surface area contributed by atoms with Gasteiger partial charge in [-0.2, -0.15) is 0 Å². The van der Waals surface area contributed by atoms with E-state index in [2.05, 4.69) is 33.6 Å². The average Bonchev–Trinajstić information content (AvgIpc) is 1.77. The van der Waals surface area contributed by atoms with Crippen LogP contribution in [0.15, 0.2) is 12.4 Å². The summed E-state index contributed by atoms with van der Waals surface area (Å²) in [6, 6.07) is 2.76. The third-order valence-electron chi connectivity index (χ3n) is 0.740. The first-order valence-electron chi connectivity index (χ1n) is 2.07. The zero-order valence-corrected chi connectivity index (χ0v) is 6.21. The van der Waals surface area contributed by atoms with Crippen LogP contribution in [-0.4, -0.2) is 4.98 Å². The van der Waals surface area contributed by atoms with Gasteiger partial charge in [0.05, 0.1) is 9.26 Å². The van der Waals surface area contributed by atoms with Crippen molar-refractivity contribution in [2.24, 2.45) is 0 Å². The molecule has 0 bridgehead atoms. The molecule has 0 saturated heterocycles. The van der Waals surface area contributed by atoms with Crippen molar-refractivity contribution in [1.82, 2.24) is 4.98 Å². The van der Waals surface area contributed by atoms with E-state index < -0.39 is 0 Å². The normalized spacial score (nSPS) is 9.12. The Morgan fingerprint density at radius 3 is 2.88 bits per heavy atom. The Hall–Kier alpha value is -0.320. The van der Waals surface area contributed by atoms with Crippen LogP contribution in [0.5, 0.6) is 0 Å². The van der Waals surface area contributed by atoms with E-state index >= 15 is 0 Å². The van der Waals surface area contributed by atoms with Crippen molar-refractivity contribution in [2.75, 3.05) is 5.73 Å². The summed E-state index contributed by atoms with van der Waals surface area (Å²) < 4.78 is 0.949. The number of pyridine rings is 1. The smallest absolute Gasteiger partial charge is 0.0562 e. The van der Waals surface area contributed by atoms with Crippen LogP contribution in [0.3, 0.4) is 0 Å². The van der Waals surface area contributed by atoms with Gasteiger partial charge < -0.3 is 5.73 Å². The standard InChI is InChI=1S/C5H4IN2/c6-4-3-8-2-1-5(4)7/h2-3H,(H2,7,8). The lowest BCUT2D eigenvalue weighted by Gasteiger charge is -1.90. The molecule has 1 aromatic heterocycles. The van der Waals surface area contributed by atoms with Crippen LogP contribution in [0.25, 0.3) is 0 Å². The molecule has 0 aliphatic carbocycles. The highest BCUT2D eigenvalue weighted by atomic mass is 127. The van der Waals surface area contributed by atoms with Crippen LogP contribution in [-0.2, 0) is 0 Å². The van der Waals surface area contributed by atoms with E-state index in [1.54, 1.807) is 12.4 Å². The molecule has 0 aliphatic heterocycles. The molecule has 3 heteroatoms. The second kappa shape index (κ2) is 2.30. The Kier molecular flexibility index (Phi) is 1.67. The maximum Gasteiger partial charge on any atom is 0.0562 e. The molecule has 2 nitrogen and oxygen atoms in total. The fourth-order valence-corrected chi connectivity index (χ4v) is 0.665. The molecule has 0 aliphatic rings. The molecule has 0 unspecified atom stereocenters. The van der Waals surface area contributed by atoms with Gasteiger partial charge in [0.15, 0.2) is 0 Å². The molecule has 0 fully saturated rings. The van der Waals surface area contributed by atoms with Gasteiger partial charge in [0, 0.05) is 18.5 Å². The molecule has 8 heavy (non-hydrogen) atoms. The van der Waals surface area contributed by atoms with Crippen LogP contribution in [0.2, 0.25) is 0 Å². The van der Waals surface area contributed by atoms with E-state index in [0.29, 0.717) is 5.69 Å². The minimum Gasteiger partial charge on any atom is -0.397 e. The summed E-state index contributed by atoms with van der Waals surface area (Å²) in [5, 5.41) is 0. The average molecular weight is 219 g/mol. The van der Waals surface area contributed by atoms with Gasteiger partial charge >= 0.3 is 0 Å². The summed E-state index contributed by atoms with van der Waals surface area (Å²) >= 11 is 2.11. The molecular weight excluding hydrogens is 215 g/mol. The molecule has 0 saturated carbocycles. The third kappa shape index (κ3) is 1.09. The van der Waals surface area contributed by atoms with Crippen LogP contribution in [0.1, 0.15) is 0 Å². The first kappa shape index (κ1) is 5.81. The lowest BCUT2D eigenvalue weighted by molar-refractivity contribution is 1.31. The molecule has 0 amide bonds. The van der Waals surface area contributed by atoms with E-state index in [-0.39, 0.29) is 0 Å². The summed E-state index contributed by atoms with van der Waals surface area (Å²) in [5.74, 6) is 0. The minimum absolute atomic E-state index is 0.667. The number of nitrogens with two attached hydrogens (primary N) is 1. The highest BCUT2D eigenvalue weighted by Gasteiger charge is 1.88. The van der Waals surface area contributed by atoms with Gasteiger partial charge in [-0.15, -0.1) is 0 Å². The lowest BCUT2D eigenvalue weighted by atomic mass is 10.4. The zero-order chi connectivity index (χ0) is 5.98. The maximum atomic E-state index is 5.42. The first-order chi connectivity index (χ1) is 3.80. The molecule has 0 aromatic carbocycles. The second-order valence-electron chi connectivity index (χ2n) is 1.31. The predicted molar refractivity (Wildman–Crippen MR) is 40.2 cm³/mol. The van der Waals surface area contributed by atoms with Crippen molar-refractivity contribution in [2.45, 2.75) is 0 Å². The fraction of sp³-hybridized carbons (Fsp3) is 0. The summed E-state index contributed by atoms with van der Waals surface area (Å²) in [4.78, 5) is 3.80. The molecule has 0 spiro atoms. The van der Waals surface area contributed by atoms with Gasteiger partial charge in [-0.05, 0) is 22.6 Å². The van der Waals surface area contributed by atoms with Crippen molar-refractivity contribution < 1.29 is 0 Å². The number of hydrogen-bond acceptors (Lipinski definition) is 2. The van der Waals surface area contributed by atoms with Gasteiger partial charge in [-0.3, -0.25) is 4.98 Å². The van der Waals surface area contributed by atoms with Crippen molar-refractivity contribution in [3.05, 3.63) is 22.0 Å². The molecule has 1 rings (SSSR count). The van der Waals surface area contributed by atoms with Gasteiger partial charge in [-0.1, -0.05) is 0 Å². The quantitative estimate of drug-likeness (QED) is 0.662. The number of nitrogen functional groups attached to an aromatic ring is 1. The topological polar surface area (TPSA) is 38.9 Å². The van der Waals surface area contributed by atoms with E-state index in [4.69, 9.17) is 5.73 Å².